The normalized spacial score (nSPS) is 13.9. The van der Waals surface area contributed by atoms with Crippen LogP contribution in [0, 0.1) is 0 Å². The second-order valence-corrected chi connectivity index (χ2v) is 8.54. The summed E-state index contributed by atoms with van der Waals surface area (Å²) >= 11 is 0. The van der Waals surface area contributed by atoms with Crippen molar-refractivity contribution >= 4 is 17.6 Å². The first-order valence-corrected chi connectivity index (χ1v) is 11.7. The number of carbonyl (C=O) groups excluding carboxylic acids is 2. The van der Waals surface area contributed by atoms with Crippen molar-refractivity contribution in [2.75, 3.05) is 37.6 Å². The molecule has 1 saturated heterocycles. The molecule has 2 aromatic heterocycles. The fourth-order valence-electron chi connectivity index (χ4n) is 3.93. The second kappa shape index (κ2) is 10.8. The van der Waals surface area contributed by atoms with Crippen LogP contribution in [0.2, 0.25) is 0 Å². The molecule has 37 heavy (non-hydrogen) atoms. The average molecular weight is 515 g/mol. The highest BCUT2D eigenvalue weighted by Crippen LogP contribution is 2.34. The topological polar surface area (TPSA) is 112 Å². The van der Waals surface area contributed by atoms with Gasteiger partial charge < -0.3 is 20.2 Å². The predicted octanol–water partition coefficient (Wildman–Crippen LogP) is 3.37. The Labute approximate surface area is 210 Å². The molecule has 2 amide bonds. The number of benzene rings is 1. The Kier molecular flexibility index (Phi) is 7.55. The minimum absolute atomic E-state index is 0.108. The smallest absolute Gasteiger partial charge is 0.416 e. The molecule has 0 spiro atoms. The highest BCUT2D eigenvalue weighted by molar-refractivity contribution is 5.96. The van der Waals surface area contributed by atoms with Gasteiger partial charge in [-0.05, 0) is 48.4 Å². The number of pyridine rings is 1. The lowest BCUT2D eigenvalue weighted by Crippen LogP contribution is -2.49. The number of hydrogen-bond donors (Lipinski definition) is 2. The summed E-state index contributed by atoms with van der Waals surface area (Å²) in [5.74, 6) is -0.499. The number of anilines is 1. The number of nitrogens with zero attached hydrogens (tertiary/aromatic N) is 5. The van der Waals surface area contributed by atoms with Crippen LogP contribution >= 0.6 is 0 Å². The number of alkyl halides is 3. The maximum atomic E-state index is 13.6. The number of halogens is 3. The van der Waals surface area contributed by atoms with E-state index in [4.69, 9.17) is 0 Å². The third kappa shape index (κ3) is 6.13. The summed E-state index contributed by atoms with van der Waals surface area (Å²) in [6.45, 7) is 3.79. The Hall–Kier alpha value is -4.22. The molecule has 3 heterocycles. The third-order valence-electron chi connectivity index (χ3n) is 5.87. The highest BCUT2D eigenvalue weighted by atomic mass is 19.4. The van der Waals surface area contributed by atoms with Crippen LogP contribution < -0.4 is 10.2 Å². The van der Waals surface area contributed by atoms with Crippen LogP contribution in [0.4, 0.5) is 19.0 Å². The molecule has 194 valence electrons. The molecule has 1 aromatic carbocycles. The van der Waals surface area contributed by atoms with Gasteiger partial charge in [-0.15, -0.1) is 10.2 Å². The summed E-state index contributed by atoms with van der Waals surface area (Å²) in [6.07, 6.45) is -1.37. The van der Waals surface area contributed by atoms with Crippen LogP contribution in [0.5, 0.6) is 5.75 Å². The molecule has 1 fully saturated rings. The van der Waals surface area contributed by atoms with Gasteiger partial charge in [0.25, 0.3) is 11.8 Å². The van der Waals surface area contributed by atoms with E-state index in [0.29, 0.717) is 25.5 Å². The summed E-state index contributed by atoms with van der Waals surface area (Å²) in [6, 6.07) is 7.67. The number of nitrogens with one attached hydrogen (secondary N) is 1. The van der Waals surface area contributed by atoms with Crippen molar-refractivity contribution in [1.29, 1.82) is 0 Å². The van der Waals surface area contributed by atoms with Gasteiger partial charge in [0.15, 0.2) is 11.5 Å². The molecule has 2 N–H and O–H groups in total. The molecule has 4 rings (SSSR count). The van der Waals surface area contributed by atoms with Crippen molar-refractivity contribution in [2.45, 2.75) is 19.5 Å². The molecular weight excluding hydrogens is 489 g/mol. The van der Waals surface area contributed by atoms with E-state index in [0.717, 1.165) is 18.6 Å². The Bertz CT molecular complexity index is 1280. The fraction of sp³-hybridized carbons (Fsp3) is 0.320. The van der Waals surface area contributed by atoms with Crippen molar-refractivity contribution < 1.29 is 27.9 Å². The SMILES string of the molecule is CCCNC(=O)c1ccc(N2CCN(C(=O)c3cc(-c4cncc(O)c4)cc(C(F)(F)F)c3)CC2)nn1. The quantitative estimate of drug-likeness (QED) is 0.519. The zero-order valence-corrected chi connectivity index (χ0v) is 20.0. The van der Waals surface area contributed by atoms with Gasteiger partial charge in [0.05, 0.1) is 11.8 Å². The zero-order valence-electron chi connectivity index (χ0n) is 20.0. The van der Waals surface area contributed by atoms with E-state index in [1.165, 1.54) is 29.4 Å². The van der Waals surface area contributed by atoms with Crippen molar-refractivity contribution in [3.63, 3.8) is 0 Å². The van der Waals surface area contributed by atoms with E-state index in [1.807, 2.05) is 11.8 Å². The van der Waals surface area contributed by atoms with Gasteiger partial charge in [-0.2, -0.15) is 13.2 Å². The van der Waals surface area contributed by atoms with Crippen LogP contribution in [0.1, 0.15) is 39.8 Å². The van der Waals surface area contributed by atoms with Crippen LogP contribution in [0.3, 0.4) is 0 Å². The number of aromatic nitrogens is 3. The lowest BCUT2D eigenvalue weighted by Gasteiger charge is -2.35. The Morgan fingerprint density at radius 2 is 1.76 bits per heavy atom. The standard InChI is InChI=1S/C25H25F3N6O3/c1-2-5-30-23(36)21-3-4-22(32-31-21)33-6-8-34(9-7-33)24(37)17-10-16(11-19(12-17)25(26,27)28)18-13-20(35)15-29-14-18/h3-4,10-15,35H,2,5-9H2,1H3,(H,30,36). The minimum atomic E-state index is -4.66. The molecule has 0 unspecified atom stereocenters. The molecular formula is C25H25F3N6O3. The first-order valence-electron chi connectivity index (χ1n) is 11.7. The van der Waals surface area contributed by atoms with E-state index in [9.17, 15) is 27.9 Å². The summed E-state index contributed by atoms with van der Waals surface area (Å²) in [4.78, 5) is 32.4. The van der Waals surface area contributed by atoms with Gasteiger partial charge in [0, 0.05) is 50.0 Å². The van der Waals surface area contributed by atoms with Gasteiger partial charge in [0.1, 0.15) is 5.75 Å². The molecule has 0 bridgehead atoms. The lowest BCUT2D eigenvalue weighted by molar-refractivity contribution is -0.137. The molecule has 1 aliphatic heterocycles. The van der Waals surface area contributed by atoms with Crippen molar-refractivity contribution in [3.05, 3.63) is 65.6 Å². The van der Waals surface area contributed by atoms with Gasteiger partial charge in [-0.3, -0.25) is 14.6 Å². The Morgan fingerprint density at radius 3 is 2.38 bits per heavy atom. The first-order chi connectivity index (χ1) is 17.7. The van der Waals surface area contributed by atoms with Crippen molar-refractivity contribution in [2.24, 2.45) is 0 Å². The van der Waals surface area contributed by atoms with Crippen molar-refractivity contribution in [1.82, 2.24) is 25.4 Å². The molecule has 0 aliphatic carbocycles. The van der Waals surface area contributed by atoms with Gasteiger partial charge in [-0.25, -0.2) is 0 Å². The molecule has 0 saturated carbocycles. The summed E-state index contributed by atoms with van der Waals surface area (Å²) in [5, 5.41) is 20.5. The molecule has 0 radical (unpaired) electrons. The van der Waals surface area contributed by atoms with E-state index < -0.39 is 17.6 Å². The number of rotatable bonds is 6. The maximum absolute atomic E-state index is 13.6. The van der Waals surface area contributed by atoms with Gasteiger partial charge >= 0.3 is 6.18 Å². The van der Waals surface area contributed by atoms with E-state index in [2.05, 4.69) is 20.5 Å². The fourth-order valence-corrected chi connectivity index (χ4v) is 3.93. The summed E-state index contributed by atoms with van der Waals surface area (Å²) in [7, 11) is 0. The highest BCUT2D eigenvalue weighted by Gasteiger charge is 2.33. The molecule has 1 aliphatic rings. The third-order valence-corrected chi connectivity index (χ3v) is 5.87. The van der Waals surface area contributed by atoms with E-state index in [-0.39, 0.29) is 47.1 Å². The van der Waals surface area contributed by atoms with Crippen LogP contribution in [0.25, 0.3) is 11.1 Å². The van der Waals surface area contributed by atoms with E-state index >= 15 is 0 Å². The van der Waals surface area contributed by atoms with Gasteiger partial charge in [-0.1, -0.05) is 6.92 Å². The molecule has 12 heteroatoms. The van der Waals surface area contributed by atoms with Crippen molar-refractivity contribution in [3.8, 4) is 16.9 Å². The van der Waals surface area contributed by atoms with Crippen LogP contribution in [-0.2, 0) is 6.18 Å². The average Bonchev–Trinajstić information content (AvgIpc) is 2.90. The molecule has 0 atom stereocenters. The molecule has 3 aromatic rings. The lowest BCUT2D eigenvalue weighted by atomic mass is 9.99. The van der Waals surface area contributed by atoms with E-state index in [1.54, 1.807) is 12.1 Å². The van der Waals surface area contributed by atoms with Crippen LogP contribution in [-0.4, -0.2) is 69.7 Å². The maximum Gasteiger partial charge on any atom is 0.416 e. The van der Waals surface area contributed by atoms with Crippen LogP contribution in [0.15, 0.2) is 48.8 Å². The number of aromatic hydroxyl groups is 1. The Morgan fingerprint density at radius 1 is 1.00 bits per heavy atom. The second-order valence-electron chi connectivity index (χ2n) is 8.54. The number of carbonyl (C=O) groups is 2. The number of piperazine rings is 1. The largest absolute Gasteiger partial charge is 0.506 e. The Balaban J connectivity index is 1.48. The van der Waals surface area contributed by atoms with Gasteiger partial charge in [0.2, 0.25) is 0 Å². The predicted molar refractivity (Wildman–Crippen MR) is 129 cm³/mol. The minimum Gasteiger partial charge on any atom is -0.506 e. The monoisotopic (exact) mass is 514 g/mol. The molecule has 9 nitrogen and oxygen atoms in total. The number of amides is 2. The zero-order chi connectivity index (χ0) is 26.6. The first kappa shape index (κ1) is 25.9. The summed E-state index contributed by atoms with van der Waals surface area (Å²) in [5.41, 5.74) is -0.486. The number of hydrogen-bond acceptors (Lipinski definition) is 7. The summed E-state index contributed by atoms with van der Waals surface area (Å²) < 4.78 is 40.8.